The molecular formula is C13H13NO3. The summed E-state index contributed by atoms with van der Waals surface area (Å²) in [5.41, 5.74) is 0.268. The van der Waals surface area contributed by atoms with Gasteiger partial charge in [-0.05, 0) is 17.5 Å². The van der Waals surface area contributed by atoms with Gasteiger partial charge in [-0.3, -0.25) is 9.59 Å². The summed E-state index contributed by atoms with van der Waals surface area (Å²) < 4.78 is 0. The Morgan fingerprint density at radius 1 is 1.18 bits per heavy atom. The normalized spacial score (nSPS) is 29.4. The molecule has 1 aliphatic carbocycles. The molecule has 1 heterocycles. The molecule has 1 aromatic carbocycles. The number of rotatable bonds is 1. The number of fused-ring (bicyclic) bond motifs is 1. The smallest absolute Gasteiger partial charge is 0.238 e. The number of phenols is 1. The highest BCUT2D eigenvalue weighted by Crippen LogP contribution is 2.63. The first-order valence-corrected chi connectivity index (χ1v) is 5.61. The number of anilines is 1. The summed E-state index contributed by atoms with van der Waals surface area (Å²) in [7, 11) is 0. The van der Waals surface area contributed by atoms with Gasteiger partial charge < -0.3 is 5.11 Å². The van der Waals surface area contributed by atoms with Gasteiger partial charge in [-0.2, -0.15) is 0 Å². The lowest BCUT2D eigenvalue weighted by molar-refractivity contribution is -0.125. The van der Waals surface area contributed by atoms with Gasteiger partial charge in [0, 0.05) is 6.07 Å². The fourth-order valence-electron chi connectivity index (χ4n) is 2.83. The van der Waals surface area contributed by atoms with E-state index in [9.17, 15) is 14.7 Å². The molecule has 0 bridgehead atoms. The first kappa shape index (κ1) is 10.3. The monoisotopic (exact) mass is 231 g/mol. The third-order valence-corrected chi connectivity index (χ3v) is 3.89. The van der Waals surface area contributed by atoms with Gasteiger partial charge in [0.2, 0.25) is 11.8 Å². The van der Waals surface area contributed by atoms with E-state index < -0.39 is 0 Å². The second-order valence-corrected chi connectivity index (χ2v) is 5.31. The van der Waals surface area contributed by atoms with E-state index in [4.69, 9.17) is 0 Å². The third kappa shape index (κ3) is 1.18. The second kappa shape index (κ2) is 2.88. The van der Waals surface area contributed by atoms with Crippen LogP contribution in [0.15, 0.2) is 24.3 Å². The van der Waals surface area contributed by atoms with Crippen LogP contribution in [0.4, 0.5) is 5.69 Å². The van der Waals surface area contributed by atoms with Gasteiger partial charge in [-0.1, -0.05) is 19.9 Å². The number of carbonyl (C=O) groups is 2. The quantitative estimate of drug-likeness (QED) is 0.746. The van der Waals surface area contributed by atoms with Crippen molar-refractivity contribution in [2.24, 2.45) is 17.3 Å². The Labute approximate surface area is 98.9 Å². The number of amides is 2. The molecule has 0 aromatic heterocycles. The Morgan fingerprint density at radius 2 is 1.76 bits per heavy atom. The first-order chi connectivity index (χ1) is 7.94. The Bertz CT molecular complexity index is 511. The largest absolute Gasteiger partial charge is 0.508 e. The lowest BCUT2D eigenvalue weighted by atomic mass is 10.1. The summed E-state index contributed by atoms with van der Waals surface area (Å²) in [4.78, 5) is 25.4. The number of imide groups is 1. The summed E-state index contributed by atoms with van der Waals surface area (Å²) in [6.07, 6.45) is 0. The van der Waals surface area contributed by atoms with E-state index in [2.05, 4.69) is 0 Å². The van der Waals surface area contributed by atoms with Crippen molar-refractivity contribution >= 4 is 17.5 Å². The fraction of sp³-hybridized carbons (Fsp3) is 0.385. The molecule has 1 saturated heterocycles. The first-order valence-electron chi connectivity index (χ1n) is 5.61. The maximum absolute atomic E-state index is 12.1. The van der Waals surface area contributed by atoms with Crippen LogP contribution in [0.2, 0.25) is 0 Å². The zero-order valence-electron chi connectivity index (χ0n) is 9.68. The minimum atomic E-state index is -0.193. The van der Waals surface area contributed by atoms with Gasteiger partial charge in [-0.25, -0.2) is 4.90 Å². The van der Waals surface area contributed by atoms with Crippen molar-refractivity contribution in [2.75, 3.05) is 4.90 Å². The average Bonchev–Trinajstić information content (AvgIpc) is 2.68. The van der Waals surface area contributed by atoms with Crippen LogP contribution in [0, 0.1) is 17.3 Å². The molecule has 0 spiro atoms. The summed E-state index contributed by atoms with van der Waals surface area (Å²) in [5.74, 6) is -0.594. The number of phenolic OH excluding ortho intramolecular Hbond substituents is 1. The molecule has 2 aliphatic rings. The number of hydrogen-bond acceptors (Lipinski definition) is 3. The van der Waals surface area contributed by atoms with Gasteiger partial charge in [0.25, 0.3) is 0 Å². The molecule has 2 atom stereocenters. The Balaban J connectivity index is 1.98. The third-order valence-electron chi connectivity index (χ3n) is 3.89. The molecule has 17 heavy (non-hydrogen) atoms. The van der Waals surface area contributed by atoms with Crippen molar-refractivity contribution in [3.63, 3.8) is 0 Å². The summed E-state index contributed by atoms with van der Waals surface area (Å²) in [5, 5.41) is 9.38. The van der Waals surface area contributed by atoms with Crippen molar-refractivity contribution < 1.29 is 14.7 Å². The predicted octanol–water partition coefficient (Wildman–Crippen LogP) is 1.54. The van der Waals surface area contributed by atoms with Crippen LogP contribution in [0.1, 0.15) is 13.8 Å². The molecule has 88 valence electrons. The van der Waals surface area contributed by atoms with Crippen LogP contribution in [0.3, 0.4) is 0 Å². The molecule has 4 heteroatoms. The van der Waals surface area contributed by atoms with E-state index in [1.807, 2.05) is 13.8 Å². The molecule has 0 unspecified atom stereocenters. The minimum Gasteiger partial charge on any atom is -0.508 e. The van der Waals surface area contributed by atoms with Gasteiger partial charge in [0.05, 0.1) is 17.5 Å². The highest BCUT2D eigenvalue weighted by Gasteiger charge is 2.72. The molecular weight excluding hydrogens is 218 g/mol. The number of nitrogens with zero attached hydrogens (tertiary/aromatic N) is 1. The second-order valence-electron chi connectivity index (χ2n) is 5.31. The van der Waals surface area contributed by atoms with Gasteiger partial charge in [0.15, 0.2) is 0 Å². The molecule has 1 aromatic rings. The van der Waals surface area contributed by atoms with Crippen molar-refractivity contribution in [2.45, 2.75) is 13.8 Å². The molecule has 4 nitrogen and oxygen atoms in total. The van der Waals surface area contributed by atoms with E-state index in [1.54, 1.807) is 12.1 Å². The Hall–Kier alpha value is -1.84. The molecule has 1 N–H and O–H groups in total. The molecule has 1 saturated carbocycles. The zero-order valence-corrected chi connectivity index (χ0v) is 9.68. The Morgan fingerprint density at radius 3 is 2.29 bits per heavy atom. The van der Waals surface area contributed by atoms with Crippen molar-refractivity contribution in [1.82, 2.24) is 0 Å². The van der Waals surface area contributed by atoms with Crippen LogP contribution in [0.25, 0.3) is 0 Å². The van der Waals surface area contributed by atoms with E-state index in [-0.39, 0.29) is 34.8 Å². The summed E-state index contributed by atoms with van der Waals surface area (Å²) in [6, 6.07) is 6.24. The fourth-order valence-corrected chi connectivity index (χ4v) is 2.83. The maximum Gasteiger partial charge on any atom is 0.238 e. The van der Waals surface area contributed by atoms with E-state index in [0.717, 1.165) is 0 Å². The number of piperidine rings is 1. The molecule has 0 radical (unpaired) electrons. The van der Waals surface area contributed by atoms with Gasteiger partial charge in [-0.15, -0.1) is 0 Å². The lowest BCUT2D eigenvalue weighted by Gasteiger charge is -2.20. The van der Waals surface area contributed by atoms with Crippen LogP contribution >= 0.6 is 0 Å². The molecule has 2 amide bonds. The minimum absolute atomic E-state index is 0.0583. The van der Waals surface area contributed by atoms with E-state index in [1.165, 1.54) is 17.0 Å². The number of aromatic hydroxyl groups is 1. The van der Waals surface area contributed by atoms with Crippen LogP contribution in [0.5, 0.6) is 5.75 Å². The van der Waals surface area contributed by atoms with Crippen molar-refractivity contribution in [1.29, 1.82) is 0 Å². The van der Waals surface area contributed by atoms with Gasteiger partial charge in [0.1, 0.15) is 5.75 Å². The zero-order chi connectivity index (χ0) is 12.4. The van der Waals surface area contributed by atoms with E-state index >= 15 is 0 Å². The van der Waals surface area contributed by atoms with Crippen LogP contribution in [-0.4, -0.2) is 16.9 Å². The summed E-state index contributed by atoms with van der Waals surface area (Å²) >= 11 is 0. The number of carbonyl (C=O) groups excluding carboxylic acids is 2. The Kier molecular flexibility index (Phi) is 1.75. The average molecular weight is 231 g/mol. The maximum atomic E-state index is 12.1. The molecule has 3 rings (SSSR count). The van der Waals surface area contributed by atoms with Gasteiger partial charge >= 0.3 is 0 Å². The summed E-state index contributed by atoms with van der Waals surface area (Å²) in [6.45, 7) is 3.88. The predicted molar refractivity (Wildman–Crippen MR) is 61.4 cm³/mol. The highest BCUT2D eigenvalue weighted by molar-refractivity contribution is 6.25. The highest BCUT2D eigenvalue weighted by atomic mass is 16.3. The molecule has 1 aliphatic heterocycles. The SMILES string of the molecule is CC1(C)[C@@H]2C(=O)N(c3cccc(O)c3)C(=O)[C@H]21. The molecule has 2 fully saturated rings. The van der Waals surface area contributed by atoms with Crippen LogP contribution in [-0.2, 0) is 9.59 Å². The topological polar surface area (TPSA) is 57.6 Å². The number of benzene rings is 1. The number of hydrogen-bond donors (Lipinski definition) is 1. The van der Waals surface area contributed by atoms with Crippen molar-refractivity contribution in [3.05, 3.63) is 24.3 Å². The van der Waals surface area contributed by atoms with E-state index in [0.29, 0.717) is 5.69 Å². The standard InChI is InChI=1S/C13H13NO3/c1-13(2)9-10(13)12(17)14(11(9)16)7-4-3-5-8(15)6-7/h3-6,9-10,15H,1-2H3/t9-,10-/m0/s1. The lowest BCUT2D eigenvalue weighted by Crippen LogP contribution is -2.36. The van der Waals surface area contributed by atoms with Crippen molar-refractivity contribution in [3.8, 4) is 5.75 Å². The van der Waals surface area contributed by atoms with Crippen LogP contribution < -0.4 is 4.90 Å².